The standard InChI is InChI=1S/C12H22O4/c1-14-11(15-2)10(13)9-4-7-16-12(8-9)5-3-6-12/h9-11,13H,3-8H2,1-2H3. The quantitative estimate of drug-likeness (QED) is 0.740. The van der Waals surface area contributed by atoms with Gasteiger partial charge in [0.1, 0.15) is 6.10 Å². The molecule has 1 heterocycles. The fourth-order valence-electron chi connectivity index (χ4n) is 2.87. The van der Waals surface area contributed by atoms with Crippen LogP contribution >= 0.6 is 0 Å². The number of hydrogen-bond donors (Lipinski definition) is 1. The topological polar surface area (TPSA) is 47.9 Å². The van der Waals surface area contributed by atoms with E-state index in [9.17, 15) is 5.11 Å². The van der Waals surface area contributed by atoms with E-state index in [0.29, 0.717) is 0 Å². The van der Waals surface area contributed by atoms with Crippen molar-refractivity contribution in [1.29, 1.82) is 0 Å². The average Bonchev–Trinajstić information content (AvgIpc) is 2.28. The summed E-state index contributed by atoms with van der Waals surface area (Å²) < 4.78 is 16.1. The summed E-state index contributed by atoms with van der Waals surface area (Å²) in [7, 11) is 3.13. The molecule has 0 bridgehead atoms. The predicted molar refractivity (Wildman–Crippen MR) is 59.1 cm³/mol. The minimum absolute atomic E-state index is 0.0654. The lowest BCUT2D eigenvalue weighted by molar-refractivity contribution is -0.210. The number of aliphatic hydroxyl groups excluding tert-OH is 1. The highest BCUT2D eigenvalue weighted by Gasteiger charge is 2.45. The first-order valence-electron chi connectivity index (χ1n) is 6.08. The van der Waals surface area contributed by atoms with Crippen molar-refractivity contribution in [3.05, 3.63) is 0 Å². The maximum absolute atomic E-state index is 10.2. The van der Waals surface area contributed by atoms with Crippen LogP contribution in [0.25, 0.3) is 0 Å². The summed E-state index contributed by atoms with van der Waals surface area (Å²) in [5, 5.41) is 10.2. The third-order valence-corrected chi connectivity index (χ3v) is 4.02. The second-order valence-electron chi connectivity index (χ2n) is 4.97. The number of hydrogen-bond acceptors (Lipinski definition) is 4. The Kier molecular flexibility index (Phi) is 3.85. The lowest BCUT2D eigenvalue weighted by atomic mass is 9.71. The van der Waals surface area contributed by atoms with Gasteiger partial charge in [-0.3, -0.25) is 0 Å². The van der Waals surface area contributed by atoms with Crippen LogP contribution in [0.5, 0.6) is 0 Å². The molecule has 94 valence electrons. The minimum atomic E-state index is -0.545. The lowest BCUT2D eigenvalue weighted by Crippen LogP contribution is -2.50. The third-order valence-electron chi connectivity index (χ3n) is 4.02. The van der Waals surface area contributed by atoms with Crippen LogP contribution in [0.4, 0.5) is 0 Å². The summed E-state index contributed by atoms with van der Waals surface area (Å²) in [6.45, 7) is 0.752. The second kappa shape index (κ2) is 5.00. The van der Waals surface area contributed by atoms with Gasteiger partial charge in [-0.15, -0.1) is 0 Å². The van der Waals surface area contributed by atoms with Crippen LogP contribution < -0.4 is 0 Å². The zero-order valence-electron chi connectivity index (χ0n) is 10.1. The van der Waals surface area contributed by atoms with Gasteiger partial charge in [0.2, 0.25) is 0 Å². The molecule has 0 aromatic heterocycles. The molecule has 4 nitrogen and oxygen atoms in total. The molecule has 0 amide bonds. The Bertz CT molecular complexity index is 223. The molecule has 16 heavy (non-hydrogen) atoms. The molecule has 2 fully saturated rings. The van der Waals surface area contributed by atoms with Gasteiger partial charge in [-0.2, -0.15) is 0 Å². The van der Waals surface area contributed by atoms with Crippen LogP contribution in [0.15, 0.2) is 0 Å². The Morgan fingerprint density at radius 2 is 2.00 bits per heavy atom. The molecule has 1 saturated carbocycles. The van der Waals surface area contributed by atoms with Gasteiger partial charge in [0, 0.05) is 20.8 Å². The van der Waals surface area contributed by atoms with Gasteiger partial charge in [-0.1, -0.05) is 0 Å². The molecule has 1 aliphatic carbocycles. The molecule has 0 aromatic rings. The molecule has 1 aliphatic heterocycles. The normalized spacial score (nSPS) is 30.4. The van der Waals surface area contributed by atoms with Crippen LogP contribution in [0, 0.1) is 5.92 Å². The predicted octanol–water partition coefficient (Wildman–Crippen LogP) is 1.32. The molecular formula is C12H22O4. The zero-order valence-corrected chi connectivity index (χ0v) is 10.1. The molecular weight excluding hydrogens is 208 g/mol. The van der Waals surface area contributed by atoms with Gasteiger partial charge >= 0.3 is 0 Å². The van der Waals surface area contributed by atoms with Crippen LogP contribution in [-0.4, -0.2) is 43.9 Å². The van der Waals surface area contributed by atoms with E-state index in [1.54, 1.807) is 14.2 Å². The van der Waals surface area contributed by atoms with E-state index in [1.807, 2.05) is 0 Å². The fraction of sp³-hybridized carbons (Fsp3) is 1.00. The van der Waals surface area contributed by atoms with E-state index < -0.39 is 12.4 Å². The molecule has 2 unspecified atom stereocenters. The molecule has 1 saturated heterocycles. The summed E-state index contributed by atoms with van der Waals surface area (Å²) in [5.41, 5.74) is 0.0654. The van der Waals surface area contributed by atoms with Crippen molar-refractivity contribution in [2.45, 2.75) is 50.1 Å². The molecule has 2 rings (SSSR count). The van der Waals surface area contributed by atoms with E-state index in [0.717, 1.165) is 32.3 Å². The first-order valence-corrected chi connectivity index (χ1v) is 6.08. The Balaban J connectivity index is 1.92. The number of rotatable bonds is 4. The first kappa shape index (κ1) is 12.3. The third kappa shape index (κ3) is 2.25. The maximum Gasteiger partial charge on any atom is 0.182 e. The van der Waals surface area contributed by atoms with Crippen LogP contribution in [0.2, 0.25) is 0 Å². The Morgan fingerprint density at radius 1 is 1.31 bits per heavy atom. The summed E-state index contributed by atoms with van der Waals surface area (Å²) in [6, 6.07) is 0. The van der Waals surface area contributed by atoms with Crippen molar-refractivity contribution in [1.82, 2.24) is 0 Å². The van der Waals surface area contributed by atoms with Crippen LogP contribution in [-0.2, 0) is 14.2 Å². The van der Waals surface area contributed by atoms with Gasteiger partial charge in [-0.05, 0) is 38.0 Å². The number of aliphatic hydroxyl groups is 1. The lowest BCUT2D eigenvalue weighted by Gasteiger charge is -2.48. The maximum atomic E-state index is 10.2. The molecule has 4 heteroatoms. The highest BCUT2D eigenvalue weighted by molar-refractivity contribution is 4.95. The monoisotopic (exact) mass is 230 g/mol. The van der Waals surface area contributed by atoms with E-state index in [2.05, 4.69) is 0 Å². The molecule has 0 radical (unpaired) electrons. The molecule has 1 spiro atoms. The SMILES string of the molecule is COC(OC)C(O)C1CCOC2(CCC2)C1. The van der Waals surface area contributed by atoms with Gasteiger partial charge < -0.3 is 19.3 Å². The van der Waals surface area contributed by atoms with E-state index in [-0.39, 0.29) is 11.5 Å². The van der Waals surface area contributed by atoms with E-state index in [4.69, 9.17) is 14.2 Å². The van der Waals surface area contributed by atoms with Gasteiger partial charge in [0.05, 0.1) is 5.60 Å². The minimum Gasteiger partial charge on any atom is -0.388 e. The molecule has 2 atom stereocenters. The molecule has 1 N–H and O–H groups in total. The summed E-state index contributed by atoms with van der Waals surface area (Å²) in [6.07, 6.45) is 4.31. The fourth-order valence-corrected chi connectivity index (χ4v) is 2.87. The van der Waals surface area contributed by atoms with Crippen molar-refractivity contribution in [2.75, 3.05) is 20.8 Å². The summed E-state index contributed by atoms with van der Waals surface area (Å²) in [5.74, 6) is 0.235. The smallest absolute Gasteiger partial charge is 0.182 e. The molecule has 0 aromatic carbocycles. The Labute approximate surface area is 96.9 Å². The Morgan fingerprint density at radius 3 is 2.50 bits per heavy atom. The second-order valence-corrected chi connectivity index (χ2v) is 4.97. The number of methoxy groups -OCH3 is 2. The average molecular weight is 230 g/mol. The number of ether oxygens (including phenoxy) is 3. The van der Waals surface area contributed by atoms with Crippen molar-refractivity contribution >= 4 is 0 Å². The largest absolute Gasteiger partial charge is 0.388 e. The highest BCUT2D eigenvalue weighted by atomic mass is 16.7. The van der Waals surface area contributed by atoms with Crippen molar-refractivity contribution in [2.24, 2.45) is 5.92 Å². The van der Waals surface area contributed by atoms with Crippen molar-refractivity contribution in [3.8, 4) is 0 Å². The van der Waals surface area contributed by atoms with Gasteiger partial charge in [-0.25, -0.2) is 0 Å². The van der Waals surface area contributed by atoms with Gasteiger partial charge in [0.15, 0.2) is 6.29 Å². The summed E-state index contributed by atoms with van der Waals surface area (Å²) >= 11 is 0. The van der Waals surface area contributed by atoms with Crippen molar-refractivity contribution < 1.29 is 19.3 Å². The highest BCUT2D eigenvalue weighted by Crippen LogP contribution is 2.45. The van der Waals surface area contributed by atoms with Crippen LogP contribution in [0.1, 0.15) is 32.1 Å². The van der Waals surface area contributed by atoms with E-state index in [1.165, 1.54) is 6.42 Å². The summed E-state index contributed by atoms with van der Waals surface area (Å²) in [4.78, 5) is 0. The van der Waals surface area contributed by atoms with Gasteiger partial charge in [0.25, 0.3) is 0 Å². The van der Waals surface area contributed by atoms with E-state index >= 15 is 0 Å². The molecule has 2 aliphatic rings. The first-order chi connectivity index (χ1) is 7.71. The zero-order chi connectivity index (χ0) is 11.6. The Hall–Kier alpha value is -0.160. The van der Waals surface area contributed by atoms with Crippen LogP contribution in [0.3, 0.4) is 0 Å². The van der Waals surface area contributed by atoms with Crippen molar-refractivity contribution in [3.63, 3.8) is 0 Å².